The van der Waals surface area contributed by atoms with E-state index in [2.05, 4.69) is 13.0 Å². The fraction of sp³-hybridized carbons (Fsp3) is 0.500. The van der Waals surface area contributed by atoms with E-state index in [1.807, 2.05) is 6.07 Å². The van der Waals surface area contributed by atoms with Crippen LogP contribution < -0.4 is 3.81 Å². The Morgan fingerprint density at radius 3 is 3.10 bits per heavy atom. The summed E-state index contributed by atoms with van der Waals surface area (Å²) in [6.45, 7) is 2.23. The second kappa shape index (κ2) is 4.82. The molecule has 0 aliphatic carbocycles. The molecule has 1 aromatic rings. The summed E-state index contributed by atoms with van der Waals surface area (Å²) in [7, 11) is 0. The van der Waals surface area contributed by atoms with E-state index in [1.165, 1.54) is 21.1 Å². The minimum atomic E-state index is 0.0264. The molecule has 1 nitrogen and oxygen atoms in total. The molecule has 0 fully saturated rings. The van der Waals surface area contributed by atoms with Crippen LogP contribution in [0, 0.1) is 0 Å². The zero-order valence-corrected chi connectivity index (χ0v) is 8.50. The van der Waals surface area contributed by atoms with Crippen molar-refractivity contribution < 1.29 is 4.42 Å². The van der Waals surface area contributed by atoms with E-state index >= 15 is 0 Å². The first-order valence-electron chi connectivity index (χ1n) is 3.60. The monoisotopic (exact) mass is 254 g/mol. The molecule has 56 valence electrons. The summed E-state index contributed by atoms with van der Waals surface area (Å²) >= 11 is 0.0264. The van der Waals surface area contributed by atoms with Gasteiger partial charge in [-0.15, -0.1) is 0 Å². The van der Waals surface area contributed by atoms with Crippen LogP contribution in [0.1, 0.15) is 19.8 Å². The molecule has 1 heterocycles. The van der Waals surface area contributed by atoms with Crippen LogP contribution in [0.4, 0.5) is 0 Å². The van der Waals surface area contributed by atoms with Crippen molar-refractivity contribution >= 4 is 24.7 Å². The summed E-state index contributed by atoms with van der Waals surface area (Å²) in [5, 5.41) is 0. The predicted molar refractivity (Wildman–Crippen MR) is 43.8 cm³/mol. The van der Waals surface area contributed by atoms with Crippen molar-refractivity contribution in [3.63, 3.8) is 0 Å². The number of hydrogen-bond donors (Lipinski definition) is 0. The molecule has 1 rings (SSSR count). The van der Waals surface area contributed by atoms with E-state index in [1.54, 1.807) is 6.26 Å². The third kappa shape index (κ3) is 2.77. The van der Waals surface area contributed by atoms with Crippen molar-refractivity contribution in [3.8, 4) is 0 Å². The second-order valence-electron chi connectivity index (χ2n) is 2.13. The predicted octanol–water partition coefficient (Wildman–Crippen LogP) is 1.83. The minimum absolute atomic E-state index is 0.0264. The summed E-state index contributed by atoms with van der Waals surface area (Å²) in [5.74, 6) is 0. The van der Waals surface area contributed by atoms with Gasteiger partial charge in [-0.3, -0.25) is 0 Å². The van der Waals surface area contributed by atoms with Gasteiger partial charge in [0.2, 0.25) is 0 Å². The molecular formula is C8H12OTe. The molecule has 0 spiro atoms. The van der Waals surface area contributed by atoms with Crippen molar-refractivity contribution in [1.29, 1.82) is 0 Å². The molecule has 2 heteroatoms. The van der Waals surface area contributed by atoms with Gasteiger partial charge in [-0.1, -0.05) is 0 Å². The van der Waals surface area contributed by atoms with E-state index in [9.17, 15) is 0 Å². The summed E-state index contributed by atoms with van der Waals surface area (Å²) in [4.78, 5) is 0. The Kier molecular flexibility index (Phi) is 3.94. The molecule has 0 atom stereocenters. The Morgan fingerprint density at radius 2 is 2.50 bits per heavy atom. The van der Waals surface area contributed by atoms with Crippen LogP contribution in [-0.2, 0) is 0 Å². The summed E-state index contributed by atoms with van der Waals surface area (Å²) in [6.07, 6.45) is 4.44. The molecule has 1 aromatic heterocycles. The first kappa shape index (κ1) is 8.17. The van der Waals surface area contributed by atoms with E-state index in [-0.39, 0.29) is 20.9 Å². The standard InChI is InChI=1S/C8H12OTe/c1-2-3-7-10-8-5-4-6-9-8/h4-6H,2-3,7H2,1H3. The molecule has 0 saturated carbocycles. The molecule has 0 unspecified atom stereocenters. The van der Waals surface area contributed by atoms with E-state index in [4.69, 9.17) is 4.42 Å². The average molecular weight is 252 g/mol. The van der Waals surface area contributed by atoms with Gasteiger partial charge in [0, 0.05) is 0 Å². The topological polar surface area (TPSA) is 13.1 Å². The molecule has 0 amide bonds. The van der Waals surface area contributed by atoms with Gasteiger partial charge in [0.25, 0.3) is 0 Å². The van der Waals surface area contributed by atoms with Gasteiger partial charge in [0.05, 0.1) is 0 Å². The molecular weight excluding hydrogens is 240 g/mol. The Bertz CT molecular complexity index is 158. The number of unbranched alkanes of at least 4 members (excludes halogenated alkanes) is 1. The maximum atomic E-state index is 5.24. The van der Waals surface area contributed by atoms with Gasteiger partial charge in [-0.05, 0) is 0 Å². The normalized spacial score (nSPS) is 10.1. The summed E-state index contributed by atoms with van der Waals surface area (Å²) in [6, 6.07) is 4.07. The van der Waals surface area contributed by atoms with Gasteiger partial charge < -0.3 is 0 Å². The van der Waals surface area contributed by atoms with Crippen molar-refractivity contribution in [2.75, 3.05) is 0 Å². The Balaban J connectivity index is 2.15. The molecule has 0 saturated heterocycles. The average Bonchev–Trinajstić information content (AvgIpc) is 2.41. The maximum absolute atomic E-state index is 5.24. The van der Waals surface area contributed by atoms with Gasteiger partial charge in [0.1, 0.15) is 0 Å². The zero-order chi connectivity index (χ0) is 7.23. The quantitative estimate of drug-likeness (QED) is 0.588. The molecule has 0 radical (unpaired) electrons. The van der Waals surface area contributed by atoms with Gasteiger partial charge in [-0.25, -0.2) is 0 Å². The first-order valence-corrected chi connectivity index (χ1v) is 6.41. The Hall–Kier alpha value is 0.0696. The Labute approximate surface area is 71.9 Å². The second-order valence-corrected chi connectivity index (χ2v) is 5.27. The number of hydrogen-bond acceptors (Lipinski definition) is 1. The third-order valence-electron chi connectivity index (χ3n) is 1.24. The van der Waals surface area contributed by atoms with Crippen molar-refractivity contribution in [3.05, 3.63) is 18.4 Å². The van der Waals surface area contributed by atoms with Gasteiger partial charge in [-0.2, -0.15) is 0 Å². The van der Waals surface area contributed by atoms with Crippen LogP contribution in [0.25, 0.3) is 0 Å². The molecule has 10 heavy (non-hydrogen) atoms. The molecule has 0 aliphatic heterocycles. The van der Waals surface area contributed by atoms with Crippen molar-refractivity contribution in [2.24, 2.45) is 0 Å². The van der Waals surface area contributed by atoms with E-state index in [0.29, 0.717) is 0 Å². The van der Waals surface area contributed by atoms with Crippen LogP contribution in [0.15, 0.2) is 22.8 Å². The summed E-state index contributed by atoms with van der Waals surface area (Å²) < 4.78 is 7.87. The van der Waals surface area contributed by atoms with Gasteiger partial charge >= 0.3 is 71.8 Å². The fourth-order valence-corrected chi connectivity index (χ4v) is 3.32. The fourth-order valence-electron chi connectivity index (χ4n) is 0.663. The van der Waals surface area contributed by atoms with Crippen molar-refractivity contribution in [2.45, 2.75) is 24.2 Å². The number of furan rings is 1. The molecule has 0 aromatic carbocycles. The van der Waals surface area contributed by atoms with Crippen LogP contribution in [-0.4, -0.2) is 20.9 Å². The Morgan fingerprint density at radius 1 is 1.60 bits per heavy atom. The third-order valence-corrected chi connectivity index (χ3v) is 4.12. The van der Waals surface area contributed by atoms with Crippen LogP contribution >= 0.6 is 0 Å². The van der Waals surface area contributed by atoms with Crippen molar-refractivity contribution in [1.82, 2.24) is 0 Å². The zero-order valence-electron chi connectivity index (χ0n) is 6.17. The van der Waals surface area contributed by atoms with Crippen LogP contribution in [0.2, 0.25) is 4.47 Å². The first-order chi connectivity index (χ1) is 4.93. The van der Waals surface area contributed by atoms with Gasteiger partial charge in [0.15, 0.2) is 0 Å². The van der Waals surface area contributed by atoms with E-state index < -0.39 is 0 Å². The molecule has 0 aliphatic rings. The number of rotatable bonds is 4. The van der Waals surface area contributed by atoms with E-state index in [0.717, 1.165) is 0 Å². The summed E-state index contributed by atoms with van der Waals surface area (Å²) in [5.41, 5.74) is 0. The van der Waals surface area contributed by atoms with Crippen LogP contribution in [0.5, 0.6) is 0 Å². The SMILES string of the molecule is CCCC[Te]c1ccco1. The molecule has 0 N–H and O–H groups in total. The van der Waals surface area contributed by atoms with Crippen LogP contribution in [0.3, 0.4) is 0 Å². The molecule has 0 bridgehead atoms.